The Labute approximate surface area is 138 Å². The van der Waals surface area contributed by atoms with Crippen molar-refractivity contribution in [3.63, 3.8) is 0 Å². The van der Waals surface area contributed by atoms with E-state index in [1.807, 2.05) is 29.8 Å². The predicted molar refractivity (Wildman–Crippen MR) is 90.3 cm³/mol. The van der Waals surface area contributed by atoms with Gasteiger partial charge < -0.3 is 9.88 Å². The van der Waals surface area contributed by atoms with Crippen LogP contribution in [0.25, 0.3) is 10.2 Å². The molecule has 0 aliphatic carbocycles. The zero-order valence-electron chi connectivity index (χ0n) is 13.0. The number of aryl methyl sites for hydroxylation is 3. The van der Waals surface area contributed by atoms with Crippen molar-refractivity contribution in [3.05, 3.63) is 41.4 Å². The summed E-state index contributed by atoms with van der Waals surface area (Å²) in [6.07, 6.45) is 4.48. The molecule has 0 bridgehead atoms. The monoisotopic (exact) mass is 329 g/mol. The van der Waals surface area contributed by atoms with Crippen molar-refractivity contribution in [2.24, 2.45) is 7.05 Å². The summed E-state index contributed by atoms with van der Waals surface area (Å²) >= 11 is 1.72. The number of aromatic nitrogens is 4. The first-order chi connectivity index (χ1) is 11.2. The largest absolute Gasteiger partial charge is 0.356 e. The normalized spacial score (nSPS) is 11.0. The molecular weight excluding hydrogens is 310 g/mol. The maximum Gasteiger partial charge on any atom is 0.220 e. The summed E-state index contributed by atoms with van der Waals surface area (Å²) in [4.78, 5) is 16.4. The lowest BCUT2D eigenvalue weighted by Gasteiger charge is -2.04. The molecule has 3 aromatic rings. The summed E-state index contributed by atoms with van der Waals surface area (Å²) in [6, 6.07) is 8.15. The number of thiazole rings is 1. The van der Waals surface area contributed by atoms with Gasteiger partial charge in [0.25, 0.3) is 0 Å². The van der Waals surface area contributed by atoms with Gasteiger partial charge >= 0.3 is 0 Å². The summed E-state index contributed by atoms with van der Waals surface area (Å²) in [5, 5.41) is 11.8. The topological polar surface area (TPSA) is 72.7 Å². The lowest BCUT2D eigenvalue weighted by Crippen LogP contribution is -2.25. The molecule has 1 aromatic carbocycles. The van der Waals surface area contributed by atoms with Crippen molar-refractivity contribution in [2.75, 3.05) is 6.54 Å². The van der Waals surface area contributed by atoms with Crippen molar-refractivity contribution < 1.29 is 4.79 Å². The van der Waals surface area contributed by atoms with E-state index in [1.165, 1.54) is 4.70 Å². The summed E-state index contributed by atoms with van der Waals surface area (Å²) in [6.45, 7) is 0.674. The number of para-hydroxylation sites is 1. The lowest BCUT2D eigenvalue weighted by atomic mass is 10.2. The van der Waals surface area contributed by atoms with Crippen molar-refractivity contribution in [3.8, 4) is 0 Å². The van der Waals surface area contributed by atoms with Crippen molar-refractivity contribution >= 4 is 27.5 Å². The molecule has 0 fully saturated rings. The van der Waals surface area contributed by atoms with Gasteiger partial charge in [0.05, 0.1) is 15.2 Å². The average molecular weight is 329 g/mol. The van der Waals surface area contributed by atoms with Crippen LogP contribution in [0.1, 0.15) is 23.7 Å². The molecule has 7 heteroatoms. The molecule has 23 heavy (non-hydrogen) atoms. The minimum Gasteiger partial charge on any atom is -0.356 e. The van der Waals surface area contributed by atoms with Crippen LogP contribution >= 0.6 is 11.3 Å². The van der Waals surface area contributed by atoms with Crippen molar-refractivity contribution in [2.45, 2.75) is 25.7 Å². The Balaban J connectivity index is 1.37. The van der Waals surface area contributed by atoms with Gasteiger partial charge in [-0.1, -0.05) is 12.1 Å². The highest BCUT2D eigenvalue weighted by Gasteiger charge is 2.06. The number of hydrogen-bond donors (Lipinski definition) is 1. The zero-order chi connectivity index (χ0) is 16.1. The van der Waals surface area contributed by atoms with Gasteiger partial charge in [-0.05, 0) is 18.6 Å². The van der Waals surface area contributed by atoms with Crippen molar-refractivity contribution in [1.29, 1.82) is 0 Å². The van der Waals surface area contributed by atoms with Gasteiger partial charge in [-0.2, -0.15) is 0 Å². The molecule has 0 aliphatic heterocycles. The Kier molecular flexibility index (Phi) is 4.97. The number of carbonyl (C=O) groups is 1. The van der Waals surface area contributed by atoms with Crippen LogP contribution in [-0.2, 0) is 24.7 Å². The first-order valence-electron chi connectivity index (χ1n) is 7.66. The van der Waals surface area contributed by atoms with Crippen LogP contribution in [0.2, 0.25) is 0 Å². The predicted octanol–water partition coefficient (Wildman–Crippen LogP) is 2.11. The number of amides is 1. The molecule has 120 valence electrons. The lowest BCUT2D eigenvalue weighted by molar-refractivity contribution is -0.121. The number of hydrogen-bond acceptors (Lipinski definition) is 5. The van der Waals surface area contributed by atoms with E-state index in [9.17, 15) is 4.79 Å². The fourth-order valence-corrected chi connectivity index (χ4v) is 3.35. The Morgan fingerprint density at radius 2 is 2.17 bits per heavy atom. The molecule has 1 amide bonds. The van der Waals surface area contributed by atoms with E-state index in [2.05, 4.69) is 26.6 Å². The van der Waals surface area contributed by atoms with E-state index in [0.717, 1.165) is 29.2 Å². The fraction of sp³-hybridized carbons (Fsp3) is 0.375. The second-order valence-corrected chi connectivity index (χ2v) is 6.50. The molecule has 0 radical (unpaired) electrons. The molecule has 0 unspecified atom stereocenters. The fourth-order valence-electron chi connectivity index (χ4n) is 2.34. The number of nitrogens with zero attached hydrogens (tertiary/aromatic N) is 4. The van der Waals surface area contributed by atoms with Gasteiger partial charge in [-0.3, -0.25) is 4.79 Å². The van der Waals surface area contributed by atoms with Gasteiger partial charge in [0.15, 0.2) is 0 Å². The van der Waals surface area contributed by atoms with Crippen LogP contribution in [0.15, 0.2) is 30.6 Å². The molecule has 0 saturated carbocycles. The maximum absolute atomic E-state index is 11.8. The number of fused-ring (bicyclic) bond motifs is 1. The van der Waals surface area contributed by atoms with Gasteiger partial charge in [0.1, 0.15) is 12.2 Å². The van der Waals surface area contributed by atoms with Crippen LogP contribution in [0.4, 0.5) is 0 Å². The van der Waals surface area contributed by atoms with Crippen LogP contribution in [0, 0.1) is 0 Å². The maximum atomic E-state index is 11.8. The van der Waals surface area contributed by atoms with E-state index < -0.39 is 0 Å². The van der Waals surface area contributed by atoms with Crippen LogP contribution in [0.5, 0.6) is 0 Å². The van der Waals surface area contributed by atoms with E-state index in [-0.39, 0.29) is 5.91 Å². The standard InChI is InChI=1S/C16H19N5OS/c1-21-11-18-20-14(21)8-9-15(22)17-10-4-7-16-19-12-5-2-3-6-13(12)23-16/h2-3,5-6,11H,4,7-10H2,1H3,(H,17,22). The number of nitrogens with one attached hydrogen (secondary N) is 1. The molecule has 2 aromatic heterocycles. The first-order valence-corrected chi connectivity index (χ1v) is 8.48. The number of benzene rings is 1. The smallest absolute Gasteiger partial charge is 0.220 e. The summed E-state index contributed by atoms with van der Waals surface area (Å²) in [7, 11) is 1.88. The van der Waals surface area contributed by atoms with Gasteiger partial charge in [0, 0.05) is 32.9 Å². The zero-order valence-corrected chi connectivity index (χ0v) is 13.8. The summed E-state index contributed by atoms with van der Waals surface area (Å²) in [5.74, 6) is 0.881. The number of rotatable bonds is 7. The quantitative estimate of drug-likeness (QED) is 0.674. The Bertz CT molecular complexity index is 761. The molecule has 0 spiro atoms. The molecule has 0 aliphatic rings. The second kappa shape index (κ2) is 7.32. The summed E-state index contributed by atoms with van der Waals surface area (Å²) in [5.41, 5.74) is 1.06. The van der Waals surface area contributed by atoms with Crippen LogP contribution < -0.4 is 5.32 Å². The third-order valence-corrected chi connectivity index (χ3v) is 4.70. The third kappa shape index (κ3) is 4.13. The Hall–Kier alpha value is -2.28. The Morgan fingerprint density at radius 1 is 1.30 bits per heavy atom. The summed E-state index contributed by atoms with van der Waals surface area (Å²) < 4.78 is 3.05. The molecule has 2 heterocycles. The minimum absolute atomic E-state index is 0.0531. The van der Waals surface area contributed by atoms with E-state index in [4.69, 9.17) is 0 Å². The Morgan fingerprint density at radius 3 is 2.96 bits per heavy atom. The third-order valence-electron chi connectivity index (χ3n) is 3.61. The highest BCUT2D eigenvalue weighted by atomic mass is 32.1. The minimum atomic E-state index is 0.0531. The highest BCUT2D eigenvalue weighted by Crippen LogP contribution is 2.22. The first kappa shape index (κ1) is 15.6. The SMILES string of the molecule is Cn1cnnc1CCC(=O)NCCCc1nc2ccccc2s1. The van der Waals surface area contributed by atoms with E-state index in [0.29, 0.717) is 19.4 Å². The molecule has 0 saturated heterocycles. The molecule has 1 N–H and O–H groups in total. The average Bonchev–Trinajstić information content (AvgIpc) is 3.15. The molecular formula is C16H19N5OS. The van der Waals surface area contributed by atoms with Gasteiger partial charge in [-0.25, -0.2) is 4.98 Å². The van der Waals surface area contributed by atoms with Gasteiger partial charge in [0.2, 0.25) is 5.91 Å². The number of carbonyl (C=O) groups excluding carboxylic acids is 1. The van der Waals surface area contributed by atoms with Crippen molar-refractivity contribution in [1.82, 2.24) is 25.1 Å². The van der Waals surface area contributed by atoms with E-state index >= 15 is 0 Å². The molecule has 6 nitrogen and oxygen atoms in total. The van der Waals surface area contributed by atoms with Crippen LogP contribution in [-0.4, -0.2) is 32.2 Å². The highest BCUT2D eigenvalue weighted by molar-refractivity contribution is 7.18. The molecule has 0 atom stereocenters. The van der Waals surface area contributed by atoms with Gasteiger partial charge in [-0.15, -0.1) is 21.5 Å². The second-order valence-electron chi connectivity index (χ2n) is 5.39. The molecule has 3 rings (SSSR count). The van der Waals surface area contributed by atoms with E-state index in [1.54, 1.807) is 17.7 Å². The van der Waals surface area contributed by atoms with Crippen LogP contribution in [0.3, 0.4) is 0 Å².